The van der Waals surface area contributed by atoms with Crippen LogP contribution in [0.15, 0.2) is 0 Å². The predicted octanol–water partition coefficient (Wildman–Crippen LogP) is 0.777. The summed E-state index contributed by atoms with van der Waals surface area (Å²) in [6.45, 7) is 0. The van der Waals surface area contributed by atoms with Crippen molar-refractivity contribution in [1.82, 2.24) is 0 Å². The summed E-state index contributed by atoms with van der Waals surface area (Å²) in [4.78, 5) is 20.3. The smallest absolute Gasteiger partial charge is 0.0414 e. The van der Waals surface area contributed by atoms with Gasteiger partial charge < -0.3 is 19.8 Å². The molecule has 0 spiro atoms. The molecule has 4 nitrogen and oxygen atoms in total. The molecule has 17 heavy (non-hydrogen) atoms. The van der Waals surface area contributed by atoms with E-state index in [0.29, 0.717) is 12.8 Å². The Morgan fingerprint density at radius 2 is 0.765 bits per heavy atom. The molecule has 0 aliphatic carbocycles. The van der Waals surface area contributed by atoms with Crippen molar-refractivity contribution in [2.45, 2.75) is 70.6 Å². The van der Waals surface area contributed by atoms with Gasteiger partial charge in [-0.2, -0.15) is 0 Å². The Hall–Kier alpha value is -1.06. The molecule has 100 valence electrons. The highest BCUT2D eigenvalue weighted by Gasteiger charge is 1.93. The molecular formula is C13H22O4-2. The Labute approximate surface area is 103 Å². The highest BCUT2D eigenvalue weighted by Crippen LogP contribution is 2.10. The number of unbranched alkanes of at least 4 members (excludes halogenated alkanes) is 8. The SMILES string of the molecule is O=C([O-])CCCCCCCCCCCC(=O)[O-]. The first-order valence-corrected chi connectivity index (χ1v) is 6.52. The van der Waals surface area contributed by atoms with E-state index in [0.717, 1.165) is 44.9 Å². The van der Waals surface area contributed by atoms with Gasteiger partial charge in [0.2, 0.25) is 0 Å². The van der Waals surface area contributed by atoms with E-state index in [-0.39, 0.29) is 12.8 Å². The number of carboxylic acids is 2. The Kier molecular flexibility index (Phi) is 10.7. The minimum atomic E-state index is -0.960. The lowest BCUT2D eigenvalue weighted by Crippen LogP contribution is -2.21. The van der Waals surface area contributed by atoms with Crippen LogP contribution in [0.4, 0.5) is 0 Å². The lowest BCUT2D eigenvalue weighted by Gasteiger charge is -2.03. The Bertz CT molecular complexity index is 191. The molecule has 0 bridgehead atoms. The third-order valence-corrected chi connectivity index (χ3v) is 2.76. The minimum Gasteiger partial charge on any atom is -0.550 e. The maximum absolute atomic E-state index is 10.1. The predicted molar refractivity (Wildman–Crippen MR) is 60.8 cm³/mol. The molecule has 0 aromatic heterocycles. The Morgan fingerprint density at radius 3 is 1.00 bits per heavy atom. The van der Waals surface area contributed by atoms with Gasteiger partial charge in [-0.05, 0) is 25.7 Å². The second-order valence-electron chi connectivity index (χ2n) is 4.43. The summed E-state index contributed by atoms with van der Waals surface area (Å²) in [5, 5.41) is 20.3. The number of carbonyl (C=O) groups excluding carboxylic acids is 2. The van der Waals surface area contributed by atoms with Gasteiger partial charge in [-0.25, -0.2) is 0 Å². The molecule has 0 amide bonds. The van der Waals surface area contributed by atoms with Gasteiger partial charge in [-0.15, -0.1) is 0 Å². The molecule has 4 heteroatoms. The van der Waals surface area contributed by atoms with Crippen LogP contribution in [-0.4, -0.2) is 11.9 Å². The first kappa shape index (κ1) is 15.9. The van der Waals surface area contributed by atoms with Crippen LogP contribution in [0, 0.1) is 0 Å². The van der Waals surface area contributed by atoms with Crippen LogP contribution in [-0.2, 0) is 9.59 Å². The van der Waals surface area contributed by atoms with Crippen molar-refractivity contribution in [3.63, 3.8) is 0 Å². The van der Waals surface area contributed by atoms with Crippen LogP contribution in [0.25, 0.3) is 0 Å². The van der Waals surface area contributed by atoms with Crippen molar-refractivity contribution in [2.24, 2.45) is 0 Å². The van der Waals surface area contributed by atoms with E-state index in [2.05, 4.69) is 0 Å². The standard InChI is InChI=1S/C13H24O4/c14-12(15)10-8-6-4-2-1-3-5-7-9-11-13(16)17/h1-11H2,(H,14,15)(H,16,17)/p-2. The highest BCUT2D eigenvalue weighted by atomic mass is 16.4. The molecule has 0 saturated heterocycles. The van der Waals surface area contributed by atoms with Crippen LogP contribution in [0.3, 0.4) is 0 Å². The summed E-state index contributed by atoms with van der Waals surface area (Å²) in [7, 11) is 0. The van der Waals surface area contributed by atoms with Crippen LogP contribution >= 0.6 is 0 Å². The average Bonchev–Trinajstić information content (AvgIpc) is 2.25. The number of carboxylic acid groups (broad SMARTS) is 2. The van der Waals surface area contributed by atoms with Crippen LogP contribution in [0.5, 0.6) is 0 Å². The highest BCUT2D eigenvalue weighted by molar-refractivity contribution is 5.64. The van der Waals surface area contributed by atoms with E-state index < -0.39 is 11.9 Å². The molecule has 0 aromatic carbocycles. The van der Waals surface area contributed by atoms with E-state index in [1.165, 1.54) is 0 Å². The largest absolute Gasteiger partial charge is 0.550 e. The number of aliphatic carboxylic acids is 2. The average molecular weight is 242 g/mol. The summed E-state index contributed by atoms with van der Waals surface area (Å²) in [5.41, 5.74) is 0. The third-order valence-electron chi connectivity index (χ3n) is 2.76. The zero-order valence-corrected chi connectivity index (χ0v) is 10.4. The van der Waals surface area contributed by atoms with Gasteiger partial charge in [0.15, 0.2) is 0 Å². The molecule has 0 heterocycles. The van der Waals surface area contributed by atoms with Gasteiger partial charge in [0, 0.05) is 11.9 Å². The van der Waals surface area contributed by atoms with Gasteiger partial charge >= 0.3 is 0 Å². The summed E-state index contributed by atoms with van der Waals surface area (Å²) in [6.07, 6.45) is 9.25. The maximum atomic E-state index is 10.1. The molecular weight excluding hydrogens is 220 g/mol. The number of hydrogen-bond donors (Lipinski definition) is 0. The van der Waals surface area contributed by atoms with Gasteiger partial charge in [-0.3, -0.25) is 0 Å². The minimum absolute atomic E-state index is 0.170. The van der Waals surface area contributed by atoms with Crippen LogP contribution in [0.2, 0.25) is 0 Å². The van der Waals surface area contributed by atoms with E-state index in [1.807, 2.05) is 0 Å². The van der Waals surface area contributed by atoms with Gasteiger partial charge in [0.05, 0.1) is 0 Å². The summed E-state index contributed by atoms with van der Waals surface area (Å²) >= 11 is 0. The zero-order chi connectivity index (χ0) is 12.9. The molecule has 0 fully saturated rings. The first-order chi connectivity index (χ1) is 8.13. The van der Waals surface area contributed by atoms with E-state index in [9.17, 15) is 19.8 Å². The Morgan fingerprint density at radius 1 is 0.529 bits per heavy atom. The number of carbonyl (C=O) groups is 2. The lowest BCUT2D eigenvalue weighted by atomic mass is 10.1. The molecule has 0 rings (SSSR count). The topological polar surface area (TPSA) is 80.3 Å². The van der Waals surface area contributed by atoms with E-state index in [4.69, 9.17) is 0 Å². The monoisotopic (exact) mass is 242 g/mol. The molecule has 0 saturated carbocycles. The van der Waals surface area contributed by atoms with Gasteiger partial charge in [-0.1, -0.05) is 44.9 Å². The third kappa shape index (κ3) is 14.9. The fourth-order valence-corrected chi connectivity index (χ4v) is 1.78. The molecule has 0 unspecified atom stereocenters. The van der Waals surface area contributed by atoms with Crippen molar-refractivity contribution in [3.05, 3.63) is 0 Å². The molecule has 0 atom stereocenters. The summed E-state index contributed by atoms with van der Waals surface area (Å²) < 4.78 is 0. The van der Waals surface area contributed by atoms with Crippen LogP contribution in [0.1, 0.15) is 70.6 Å². The van der Waals surface area contributed by atoms with Crippen LogP contribution < -0.4 is 10.2 Å². The van der Waals surface area contributed by atoms with Crippen molar-refractivity contribution in [1.29, 1.82) is 0 Å². The Balaban J connectivity index is 2.98. The lowest BCUT2D eigenvalue weighted by molar-refractivity contribution is -0.307. The molecule has 0 aliphatic rings. The van der Waals surface area contributed by atoms with Gasteiger partial charge in [0.25, 0.3) is 0 Å². The summed E-state index contributed by atoms with van der Waals surface area (Å²) in [6, 6.07) is 0. The quantitative estimate of drug-likeness (QED) is 0.473. The van der Waals surface area contributed by atoms with Crippen molar-refractivity contribution in [3.8, 4) is 0 Å². The molecule has 0 aliphatic heterocycles. The fourth-order valence-electron chi connectivity index (χ4n) is 1.78. The second-order valence-corrected chi connectivity index (χ2v) is 4.43. The number of hydrogen-bond acceptors (Lipinski definition) is 4. The van der Waals surface area contributed by atoms with Crippen molar-refractivity contribution in [2.75, 3.05) is 0 Å². The second kappa shape index (κ2) is 11.4. The van der Waals surface area contributed by atoms with E-state index in [1.54, 1.807) is 0 Å². The van der Waals surface area contributed by atoms with Crippen molar-refractivity contribution < 1.29 is 19.8 Å². The number of rotatable bonds is 12. The molecule has 0 N–H and O–H groups in total. The van der Waals surface area contributed by atoms with E-state index >= 15 is 0 Å². The maximum Gasteiger partial charge on any atom is 0.0414 e. The fraction of sp³-hybridized carbons (Fsp3) is 0.846. The first-order valence-electron chi connectivity index (χ1n) is 6.52. The molecule has 0 aromatic rings. The summed E-state index contributed by atoms with van der Waals surface area (Å²) in [5.74, 6) is -1.92. The van der Waals surface area contributed by atoms with Gasteiger partial charge in [0.1, 0.15) is 0 Å². The molecule has 0 radical (unpaired) electrons. The zero-order valence-electron chi connectivity index (χ0n) is 10.4. The normalized spacial score (nSPS) is 10.4. The van der Waals surface area contributed by atoms with Crippen molar-refractivity contribution >= 4 is 11.9 Å².